The van der Waals surface area contributed by atoms with Crippen LogP contribution in [-0.4, -0.2) is 5.78 Å². The highest BCUT2D eigenvalue weighted by atomic mass is 79.9. The molecule has 2 heterocycles. The van der Waals surface area contributed by atoms with Gasteiger partial charge in [-0.1, -0.05) is 12.1 Å². The maximum atomic E-state index is 12.2. The Hall–Kier alpha value is -0.910. The number of hydrogen-bond donors (Lipinski definition) is 0. The van der Waals surface area contributed by atoms with Gasteiger partial charge in [-0.15, -0.1) is 11.3 Å². The van der Waals surface area contributed by atoms with E-state index in [0.29, 0.717) is 16.2 Å². The van der Waals surface area contributed by atoms with E-state index in [-0.39, 0.29) is 5.78 Å². The van der Waals surface area contributed by atoms with Crippen LogP contribution in [0.1, 0.15) is 15.4 Å². The van der Waals surface area contributed by atoms with Crippen molar-refractivity contribution in [3.8, 4) is 0 Å². The van der Waals surface area contributed by atoms with Crippen LogP contribution >= 0.6 is 43.2 Å². The van der Waals surface area contributed by atoms with Crippen LogP contribution in [0.5, 0.6) is 0 Å². The lowest BCUT2D eigenvalue weighted by Crippen LogP contribution is -1.95. The lowest BCUT2D eigenvalue weighted by atomic mass is 10.2. The molecule has 0 unspecified atom stereocenters. The molecule has 3 rings (SSSR count). The standard InChI is InChI=1S/C13H6Br2O2S/c14-8-3-1-2-7-6-9(17-13(7)8)12(16)10-4-5-11(15)18-10/h1-6H. The van der Waals surface area contributed by atoms with Gasteiger partial charge in [-0.25, -0.2) is 0 Å². The molecule has 2 nitrogen and oxygen atoms in total. The van der Waals surface area contributed by atoms with Crippen LogP contribution in [0.3, 0.4) is 0 Å². The van der Waals surface area contributed by atoms with Crippen molar-refractivity contribution in [2.45, 2.75) is 0 Å². The molecule has 18 heavy (non-hydrogen) atoms. The summed E-state index contributed by atoms with van der Waals surface area (Å²) in [6.45, 7) is 0. The average molecular weight is 386 g/mol. The second-order valence-electron chi connectivity index (χ2n) is 3.70. The maximum absolute atomic E-state index is 12.2. The van der Waals surface area contributed by atoms with E-state index in [9.17, 15) is 4.79 Å². The second kappa shape index (κ2) is 4.64. The van der Waals surface area contributed by atoms with Gasteiger partial charge in [-0.3, -0.25) is 4.79 Å². The van der Waals surface area contributed by atoms with Gasteiger partial charge in [0.05, 0.1) is 13.1 Å². The fraction of sp³-hybridized carbons (Fsp3) is 0. The minimum Gasteiger partial charge on any atom is -0.451 e. The molecule has 0 atom stereocenters. The smallest absolute Gasteiger partial charge is 0.238 e. The summed E-state index contributed by atoms with van der Waals surface area (Å²) in [5.41, 5.74) is 0.705. The normalized spacial score (nSPS) is 11.0. The van der Waals surface area contributed by atoms with Crippen LogP contribution in [-0.2, 0) is 0 Å². The van der Waals surface area contributed by atoms with Crippen molar-refractivity contribution in [3.63, 3.8) is 0 Å². The number of thiophene rings is 1. The quantitative estimate of drug-likeness (QED) is 0.564. The summed E-state index contributed by atoms with van der Waals surface area (Å²) in [4.78, 5) is 12.9. The molecule has 0 amide bonds. The Balaban J connectivity index is 2.10. The molecule has 0 N–H and O–H groups in total. The van der Waals surface area contributed by atoms with E-state index < -0.39 is 0 Å². The number of rotatable bonds is 2. The van der Waals surface area contributed by atoms with Gasteiger partial charge in [0.1, 0.15) is 5.58 Å². The Morgan fingerprint density at radius 3 is 2.67 bits per heavy atom. The molecule has 0 radical (unpaired) electrons. The number of carbonyl (C=O) groups excluding carboxylic acids is 1. The molecule has 90 valence electrons. The molecular formula is C13H6Br2O2S. The monoisotopic (exact) mass is 384 g/mol. The van der Waals surface area contributed by atoms with Gasteiger partial charge in [0.2, 0.25) is 5.78 Å². The van der Waals surface area contributed by atoms with Crippen LogP contribution in [0, 0.1) is 0 Å². The summed E-state index contributed by atoms with van der Waals surface area (Å²) in [5, 5.41) is 0.920. The summed E-state index contributed by atoms with van der Waals surface area (Å²) < 4.78 is 7.41. The van der Waals surface area contributed by atoms with Crippen LogP contribution in [0.4, 0.5) is 0 Å². The van der Waals surface area contributed by atoms with E-state index in [1.165, 1.54) is 11.3 Å². The van der Waals surface area contributed by atoms with Gasteiger partial charge in [-0.2, -0.15) is 0 Å². The van der Waals surface area contributed by atoms with Crippen LogP contribution in [0.2, 0.25) is 0 Å². The molecule has 0 bridgehead atoms. The third-order valence-electron chi connectivity index (χ3n) is 2.52. The molecule has 0 aliphatic heterocycles. The largest absolute Gasteiger partial charge is 0.451 e. The SMILES string of the molecule is O=C(c1cc2cccc(Br)c2o1)c1ccc(Br)s1. The molecule has 0 spiro atoms. The maximum Gasteiger partial charge on any atom is 0.238 e. The van der Waals surface area contributed by atoms with Gasteiger partial charge in [0, 0.05) is 5.39 Å². The molecule has 0 aliphatic rings. The molecule has 2 aromatic heterocycles. The van der Waals surface area contributed by atoms with Crippen LogP contribution < -0.4 is 0 Å². The summed E-state index contributed by atoms with van der Waals surface area (Å²) in [6, 6.07) is 11.1. The lowest BCUT2D eigenvalue weighted by molar-refractivity contribution is 0.101. The molecule has 0 saturated carbocycles. The van der Waals surface area contributed by atoms with Crippen molar-refractivity contribution in [1.82, 2.24) is 0 Å². The number of hydrogen-bond acceptors (Lipinski definition) is 3. The third kappa shape index (κ3) is 2.06. The van der Waals surface area contributed by atoms with Crippen molar-refractivity contribution < 1.29 is 9.21 Å². The highest BCUT2D eigenvalue weighted by Gasteiger charge is 2.17. The van der Waals surface area contributed by atoms with Crippen molar-refractivity contribution >= 4 is 59.9 Å². The van der Waals surface area contributed by atoms with Crippen LogP contribution in [0.15, 0.2) is 49.1 Å². The van der Waals surface area contributed by atoms with Crippen molar-refractivity contribution in [1.29, 1.82) is 0 Å². The average Bonchev–Trinajstić information content (AvgIpc) is 2.95. The zero-order valence-corrected chi connectivity index (χ0v) is 12.9. The molecule has 0 aliphatic carbocycles. The second-order valence-corrected chi connectivity index (χ2v) is 7.02. The highest BCUT2D eigenvalue weighted by Crippen LogP contribution is 2.30. The van der Waals surface area contributed by atoms with E-state index in [1.54, 1.807) is 12.1 Å². The van der Waals surface area contributed by atoms with Gasteiger partial charge < -0.3 is 4.42 Å². The van der Waals surface area contributed by atoms with E-state index in [2.05, 4.69) is 31.9 Å². The molecule has 0 fully saturated rings. The van der Waals surface area contributed by atoms with E-state index in [1.807, 2.05) is 24.3 Å². The minimum atomic E-state index is -0.0891. The van der Waals surface area contributed by atoms with Crippen molar-refractivity contribution in [3.05, 3.63) is 55.3 Å². The van der Waals surface area contributed by atoms with Crippen molar-refractivity contribution in [2.75, 3.05) is 0 Å². The predicted molar refractivity (Wildman–Crippen MR) is 79.4 cm³/mol. The third-order valence-corrected chi connectivity index (χ3v) is 4.76. The Morgan fingerprint density at radius 1 is 1.17 bits per heavy atom. The van der Waals surface area contributed by atoms with Gasteiger partial charge >= 0.3 is 0 Å². The fourth-order valence-corrected chi connectivity index (χ4v) is 3.49. The molecular weight excluding hydrogens is 380 g/mol. The number of para-hydroxylation sites is 1. The number of ketones is 1. The lowest BCUT2D eigenvalue weighted by Gasteiger charge is -1.92. The van der Waals surface area contributed by atoms with Gasteiger partial charge in [-0.05, 0) is 56.1 Å². The summed E-state index contributed by atoms with van der Waals surface area (Å²) >= 11 is 8.16. The Bertz CT molecular complexity index is 742. The Morgan fingerprint density at radius 2 is 2.00 bits per heavy atom. The molecule has 0 saturated heterocycles. The van der Waals surface area contributed by atoms with E-state index >= 15 is 0 Å². The number of furan rings is 1. The number of fused-ring (bicyclic) bond motifs is 1. The van der Waals surface area contributed by atoms with Crippen LogP contribution in [0.25, 0.3) is 11.0 Å². The molecule has 3 aromatic rings. The van der Waals surface area contributed by atoms with Crippen molar-refractivity contribution in [2.24, 2.45) is 0 Å². The zero-order chi connectivity index (χ0) is 12.7. The van der Waals surface area contributed by atoms with E-state index in [0.717, 1.165) is 13.6 Å². The molecule has 1 aromatic carbocycles. The molecule has 5 heteroatoms. The van der Waals surface area contributed by atoms with Gasteiger partial charge in [0.15, 0.2) is 5.76 Å². The number of halogens is 2. The first-order valence-corrected chi connectivity index (χ1v) is 7.53. The summed E-state index contributed by atoms with van der Waals surface area (Å²) in [7, 11) is 0. The topological polar surface area (TPSA) is 30.2 Å². The number of benzene rings is 1. The zero-order valence-electron chi connectivity index (χ0n) is 8.94. The fourth-order valence-electron chi connectivity index (χ4n) is 1.70. The summed E-state index contributed by atoms with van der Waals surface area (Å²) in [5.74, 6) is 0.278. The first-order chi connectivity index (χ1) is 8.65. The Kier molecular flexibility index (Phi) is 3.13. The van der Waals surface area contributed by atoms with Gasteiger partial charge in [0.25, 0.3) is 0 Å². The Labute approximate surface area is 124 Å². The first-order valence-electron chi connectivity index (χ1n) is 5.13. The number of carbonyl (C=O) groups is 1. The minimum absolute atomic E-state index is 0.0891. The first kappa shape index (κ1) is 12.1. The summed E-state index contributed by atoms with van der Waals surface area (Å²) in [6.07, 6.45) is 0. The van der Waals surface area contributed by atoms with E-state index in [4.69, 9.17) is 4.42 Å². The predicted octanol–water partition coefficient (Wildman–Crippen LogP) is 5.25. The highest BCUT2D eigenvalue weighted by molar-refractivity contribution is 9.11.